The predicted molar refractivity (Wildman–Crippen MR) is 115 cm³/mol. The number of hydrogen-bond acceptors (Lipinski definition) is 6. The number of methoxy groups -OCH3 is 1. The van der Waals surface area contributed by atoms with E-state index in [2.05, 4.69) is 45.4 Å². The molecule has 0 aliphatic carbocycles. The van der Waals surface area contributed by atoms with Crippen LogP contribution in [0.1, 0.15) is 26.0 Å². The van der Waals surface area contributed by atoms with Crippen LogP contribution in [0.3, 0.4) is 0 Å². The van der Waals surface area contributed by atoms with Gasteiger partial charge in [-0.2, -0.15) is 0 Å². The molecule has 144 valence electrons. The van der Waals surface area contributed by atoms with Crippen LogP contribution in [0.2, 0.25) is 0 Å². The van der Waals surface area contributed by atoms with Gasteiger partial charge in [0.2, 0.25) is 0 Å². The number of hydrogen-bond donors (Lipinski definition) is 1. The van der Waals surface area contributed by atoms with Crippen LogP contribution >= 0.6 is 11.8 Å². The van der Waals surface area contributed by atoms with E-state index in [0.29, 0.717) is 19.5 Å². The van der Waals surface area contributed by atoms with Crippen molar-refractivity contribution in [1.82, 2.24) is 14.6 Å². The number of aliphatic imine (C=N–C) groups is 1. The highest BCUT2D eigenvalue weighted by atomic mass is 32.2. The lowest BCUT2D eigenvalue weighted by Crippen LogP contribution is -2.07. The van der Waals surface area contributed by atoms with Crippen molar-refractivity contribution in [3.63, 3.8) is 0 Å². The van der Waals surface area contributed by atoms with Gasteiger partial charge in [-0.1, -0.05) is 19.6 Å². The molecule has 7 heteroatoms. The quantitative estimate of drug-likeness (QED) is 0.456. The fourth-order valence-electron chi connectivity index (χ4n) is 2.21. The highest BCUT2D eigenvalue weighted by Gasteiger charge is 2.05. The summed E-state index contributed by atoms with van der Waals surface area (Å²) in [5, 5.41) is 10.00. The first-order chi connectivity index (χ1) is 13.2. The summed E-state index contributed by atoms with van der Waals surface area (Å²) in [6, 6.07) is 3.88. The smallest absolute Gasteiger partial charge is 0.153 e. The topological polar surface area (TPSA) is 63.8 Å². The number of aromatic nitrogens is 3. The van der Waals surface area contributed by atoms with Crippen molar-refractivity contribution < 1.29 is 4.74 Å². The van der Waals surface area contributed by atoms with Crippen molar-refractivity contribution in [3.05, 3.63) is 58.8 Å². The van der Waals surface area contributed by atoms with Gasteiger partial charge in [0.15, 0.2) is 5.65 Å². The van der Waals surface area contributed by atoms with E-state index in [1.54, 1.807) is 18.9 Å². The van der Waals surface area contributed by atoms with Gasteiger partial charge in [-0.25, -0.2) is 9.50 Å². The Morgan fingerprint density at radius 3 is 3.04 bits per heavy atom. The first-order valence-corrected chi connectivity index (χ1v) is 9.80. The van der Waals surface area contributed by atoms with E-state index in [-0.39, 0.29) is 0 Å². The first kappa shape index (κ1) is 20.8. The number of imidazole rings is 1. The second kappa shape index (κ2) is 11.2. The fraction of sp³-hybridized carbons (Fsp3) is 0.350. The third kappa shape index (κ3) is 6.60. The first-order valence-electron chi connectivity index (χ1n) is 8.92. The Hall–Kier alpha value is -2.54. The highest BCUT2D eigenvalue weighted by molar-refractivity contribution is 8.05. The third-order valence-corrected chi connectivity index (χ3v) is 4.53. The van der Waals surface area contributed by atoms with Gasteiger partial charge >= 0.3 is 0 Å². The summed E-state index contributed by atoms with van der Waals surface area (Å²) < 4.78 is 7.04. The lowest BCUT2D eigenvalue weighted by atomic mass is 10.3. The van der Waals surface area contributed by atoms with Crippen molar-refractivity contribution in [2.45, 2.75) is 26.7 Å². The summed E-state index contributed by atoms with van der Waals surface area (Å²) in [5.41, 5.74) is 1.80. The van der Waals surface area contributed by atoms with Gasteiger partial charge in [0, 0.05) is 24.1 Å². The minimum Gasteiger partial charge on any atom is -0.499 e. The van der Waals surface area contributed by atoms with Crippen LogP contribution in [0.15, 0.2) is 58.1 Å². The average molecular weight is 386 g/mol. The molecule has 0 aliphatic heterocycles. The Kier molecular flexibility index (Phi) is 8.64. The molecule has 1 N–H and O–H groups in total. The van der Waals surface area contributed by atoms with Crippen LogP contribution in [-0.4, -0.2) is 41.0 Å². The second-order valence-corrected chi connectivity index (χ2v) is 6.80. The molecule has 0 fully saturated rings. The van der Waals surface area contributed by atoms with Crippen molar-refractivity contribution in [1.29, 1.82) is 0 Å². The van der Waals surface area contributed by atoms with E-state index >= 15 is 0 Å². The van der Waals surface area contributed by atoms with Crippen LogP contribution in [0.25, 0.3) is 5.65 Å². The summed E-state index contributed by atoms with van der Waals surface area (Å²) in [6.45, 7) is 9.30. The zero-order chi connectivity index (χ0) is 19.5. The van der Waals surface area contributed by atoms with Gasteiger partial charge in [-0.3, -0.25) is 4.99 Å². The Balaban J connectivity index is 1.97. The van der Waals surface area contributed by atoms with Gasteiger partial charge in [0.05, 0.1) is 25.5 Å². The van der Waals surface area contributed by atoms with Crippen molar-refractivity contribution >= 4 is 29.4 Å². The minimum absolute atomic E-state index is 0.538. The molecule has 0 unspecified atom stereocenters. The standard InChI is InChI=1S/C20H27N5OS/c1-5-7-12-27-16(3)13-22-19-8-9-20-23-14-17(25(20)24-19)10-11-21-15-18(6-2)26-4/h6-9,11-12,14H,3,5,10,13,15H2,1-2,4H3,(H,22,24)/b12-7-,18-6+,21-11?. The lowest BCUT2D eigenvalue weighted by Gasteiger charge is -2.07. The molecule has 2 rings (SSSR count). The van der Waals surface area contributed by atoms with E-state index < -0.39 is 0 Å². The highest BCUT2D eigenvalue weighted by Crippen LogP contribution is 2.16. The molecule has 0 radical (unpaired) electrons. The van der Waals surface area contributed by atoms with E-state index in [1.807, 2.05) is 42.1 Å². The maximum atomic E-state index is 5.20. The van der Waals surface area contributed by atoms with E-state index in [1.165, 1.54) is 0 Å². The molecule has 0 amide bonds. The van der Waals surface area contributed by atoms with Gasteiger partial charge in [-0.05, 0) is 37.0 Å². The Labute approximate surface area is 165 Å². The zero-order valence-corrected chi connectivity index (χ0v) is 17.0. The minimum atomic E-state index is 0.538. The van der Waals surface area contributed by atoms with E-state index in [9.17, 15) is 0 Å². The Morgan fingerprint density at radius 2 is 2.30 bits per heavy atom. The number of thioether (sulfide) groups is 1. The molecule has 0 aliphatic rings. The predicted octanol–water partition coefficient (Wildman–Crippen LogP) is 4.48. The normalized spacial score (nSPS) is 12.3. The molecule has 0 bridgehead atoms. The molecule has 0 saturated carbocycles. The average Bonchev–Trinajstić information content (AvgIpc) is 3.09. The summed E-state index contributed by atoms with van der Waals surface area (Å²) >= 11 is 1.63. The number of allylic oxidation sites excluding steroid dienone is 2. The van der Waals surface area contributed by atoms with Crippen LogP contribution in [0.5, 0.6) is 0 Å². The SMILES string of the molecule is C=C(CNc1ccc2ncc(CC=NC/C(=C\C)OC)n2n1)S/C=C\CC. The number of anilines is 1. The van der Waals surface area contributed by atoms with Gasteiger partial charge in [-0.15, -0.1) is 16.9 Å². The number of nitrogens with zero attached hydrogens (tertiary/aromatic N) is 4. The van der Waals surface area contributed by atoms with Crippen LogP contribution in [0, 0.1) is 0 Å². The summed E-state index contributed by atoms with van der Waals surface area (Å²) in [4.78, 5) is 9.82. The maximum absolute atomic E-state index is 5.20. The van der Waals surface area contributed by atoms with Crippen molar-refractivity contribution in [2.75, 3.05) is 25.5 Å². The molecular formula is C20H27N5OS. The molecule has 6 nitrogen and oxygen atoms in total. The molecule has 0 atom stereocenters. The van der Waals surface area contributed by atoms with Crippen molar-refractivity contribution in [2.24, 2.45) is 4.99 Å². The lowest BCUT2D eigenvalue weighted by molar-refractivity contribution is 0.286. The van der Waals surface area contributed by atoms with Gasteiger partial charge in [0.1, 0.15) is 11.6 Å². The second-order valence-electron chi connectivity index (χ2n) is 5.71. The zero-order valence-electron chi connectivity index (χ0n) is 16.2. The summed E-state index contributed by atoms with van der Waals surface area (Å²) in [6.07, 6.45) is 9.41. The molecule has 0 spiro atoms. The van der Waals surface area contributed by atoms with Crippen LogP contribution < -0.4 is 5.32 Å². The number of ether oxygens (including phenoxy) is 1. The third-order valence-electron chi connectivity index (χ3n) is 3.73. The van der Waals surface area contributed by atoms with Crippen molar-refractivity contribution in [3.8, 4) is 0 Å². The largest absolute Gasteiger partial charge is 0.499 e. The number of rotatable bonds is 11. The van der Waals surface area contributed by atoms with E-state index in [0.717, 1.165) is 34.2 Å². The summed E-state index contributed by atoms with van der Waals surface area (Å²) in [7, 11) is 1.65. The van der Waals surface area contributed by atoms with Gasteiger partial charge < -0.3 is 10.1 Å². The number of fused-ring (bicyclic) bond motifs is 1. The molecular weight excluding hydrogens is 358 g/mol. The summed E-state index contributed by atoms with van der Waals surface area (Å²) in [5.74, 6) is 1.64. The van der Waals surface area contributed by atoms with Gasteiger partial charge in [0.25, 0.3) is 0 Å². The fourth-order valence-corrected chi connectivity index (χ4v) is 2.85. The molecule has 27 heavy (non-hydrogen) atoms. The van der Waals surface area contributed by atoms with E-state index in [4.69, 9.17) is 4.74 Å². The molecule has 2 heterocycles. The van der Waals surface area contributed by atoms with Crippen LogP contribution in [0.4, 0.5) is 5.82 Å². The molecule has 0 saturated heterocycles. The molecule has 2 aromatic heterocycles. The number of nitrogens with one attached hydrogen (secondary N) is 1. The molecule has 2 aromatic rings. The molecule has 0 aromatic carbocycles. The van der Waals surface area contributed by atoms with Crippen LogP contribution in [-0.2, 0) is 11.2 Å². The Bertz CT molecular complexity index is 838. The maximum Gasteiger partial charge on any atom is 0.153 e. The monoisotopic (exact) mass is 385 g/mol. The Morgan fingerprint density at radius 1 is 1.44 bits per heavy atom.